The Kier molecular flexibility index (Phi) is 1.94. The van der Waals surface area contributed by atoms with Gasteiger partial charge in [-0.05, 0) is 13.3 Å². The van der Waals surface area contributed by atoms with Crippen LogP contribution < -0.4 is 5.69 Å². The zero-order chi connectivity index (χ0) is 7.56. The van der Waals surface area contributed by atoms with Gasteiger partial charge in [-0.3, -0.25) is 4.57 Å². The molecule has 1 aromatic heterocycles. The molecule has 0 aliphatic carbocycles. The van der Waals surface area contributed by atoms with Gasteiger partial charge in [0.05, 0.1) is 0 Å². The van der Waals surface area contributed by atoms with E-state index in [0.29, 0.717) is 0 Å². The van der Waals surface area contributed by atoms with Gasteiger partial charge in [0.1, 0.15) is 0 Å². The predicted molar refractivity (Wildman–Crippen MR) is 40.1 cm³/mol. The summed E-state index contributed by atoms with van der Waals surface area (Å²) in [6, 6.07) is 0. The molecule has 0 fully saturated rings. The summed E-state index contributed by atoms with van der Waals surface area (Å²) in [4.78, 5) is 13.7. The highest BCUT2D eigenvalue weighted by Crippen LogP contribution is 1.90. The summed E-state index contributed by atoms with van der Waals surface area (Å²) in [5, 5.41) is 0. The Hall–Kier alpha value is -0.990. The van der Waals surface area contributed by atoms with Crippen LogP contribution >= 0.6 is 0 Å². The Labute approximate surface area is 59.7 Å². The Balaban J connectivity index is 3.04. The minimum Gasteiger partial charge on any atom is -0.310 e. The lowest BCUT2D eigenvalue weighted by Crippen LogP contribution is -2.14. The monoisotopic (exact) mass is 140 g/mol. The molecule has 0 aliphatic rings. The number of H-pyrrole nitrogens is 1. The van der Waals surface area contributed by atoms with Crippen LogP contribution in [0.4, 0.5) is 0 Å². The minimum absolute atomic E-state index is 0.000602. The average Bonchev–Trinajstić information content (AvgIpc) is 2.30. The smallest absolute Gasteiger partial charge is 0.310 e. The molecule has 0 amide bonds. The molecule has 0 saturated heterocycles. The van der Waals surface area contributed by atoms with Gasteiger partial charge in [0, 0.05) is 18.4 Å². The number of nitrogens with one attached hydrogen (secondary N) is 1. The van der Waals surface area contributed by atoms with Gasteiger partial charge in [-0.1, -0.05) is 6.92 Å². The van der Waals surface area contributed by atoms with Crippen molar-refractivity contribution >= 4 is 0 Å². The van der Waals surface area contributed by atoms with Crippen molar-refractivity contribution in [1.82, 2.24) is 9.55 Å². The molecule has 3 nitrogen and oxygen atoms in total. The summed E-state index contributed by atoms with van der Waals surface area (Å²) in [5.74, 6) is 0. The summed E-state index contributed by atoms with van der Waals surface area (Å²) in [6.45, 7) is 4.72. The van der Waals surface area contributed by atoms with Crippen LogP contribution in [-0.2, 0) is 13.0 Å². The van der Waals surface area contributed by atoms with Crippen LogP contribution in [0.3, 0.4) is 0 Å². The first-order valence-electron chi connectivity index (χ1n) is 3.56. The van der Waals surface area contributed by atoms with E-state index in [1.807, 2.05) is 20.0 Å². The zero-order valence-corrected chi connectivity index (χ0v) is 6.35. The lowest BCUT2D eigenvalue weighted by Gasteiger charge is -1.88. The molecule has 0 atom stereocenters. The molecular weight excluding hydrogens is 128 g/mol. The standard InChI is InChI=1S/C7H12N2O/c1-3-6-5-9(4-2)7(10)8-6/h5H,3-4H2,1-2H3,(H,8,10). The number of hydrogen-bond donors (Lipinski definition) is 1. The normalized spacial score (nSPS) is 10.2. The number of nitrogens with zero attached hydrogens (tertiary/aromatic N) is 1. The van der Waals surface area contributed by atoms with Gasteiger partial charge in [0.2, 0.25) is 0 Å². The maximum absolute atomic E-state index is 10.9. The van der Waals surface area contributed by atoms with Gasteiger partial charge in [-0.25, -0.2) is 4.79 Å². The summed E-state index contributed by atoms with van der Waals surface area (Å²) in [6.07, 6.45) is 2.75. The molecule has 56 valence electrons. The van der Waals surface area contributed by atoms with E-state index in [-0.39, 0.29) is 5.69 Å². The van der Waals surface area contributed by atoms with E-state index in [9.17, 15) is 4.79 Å². The molecule has 3 heteroatoms. The van der Waals surface area contributed by atoms with Crippen molar-refractivity contribution in [3.8, 4) is 0 Å². The first-order chi connectivity index (χ1) is 4.77. The third kappa shape index (κ3) is 1.12. The number of imidazole rings is 1. The van der Waals surface area contributed by atoms with Crippen molar-refractivity contribution in [3.05, 3.63) is 22.4 Å². The predicted octanol–water partition coefficient (Wildman–Crippen LogP) is 0.759. The largest absolute Gasteiger partial charge is 0.325 e. The molecule has 0 unspecified atom stereocenters. The van der Waals surface area contributed by atoms with Crippen molar-refractivity contribution in [2.45, 2.75) is 26.8 Å². The van der Waals surface area contributed by atoms with E-state index in [1.165, 1.54) is 0 Å². The second kappa shape index (κ2) is 2.73. The Morgan fingerprint density at radius 1 is 1.60 bits per heavy atom. The van der Waals surface area contributed by atoms with Crippen LogP contribution in [0.2, 0.25) is 0 Å². The molecule has 1 aromatic rings. The van der Waals surface area contributed by atoms with Crippen molar-refractivity contribution in [2.75, 3.05) is 0 Å². The van der Waals surface area contributed by atoms with Gasteiger partial charge in [0.15, 0.2) is 0 Å². The highest BCUT2D eigenvalue weighted by molar-refractivity contribution is 4.95. The van der Waals surface area contributed by atoms with Crippen LogP contribution in [0.25, 0.3) is 0 Å². The van der Waals surface area contributed by atoms with Crippen LogP contribution in [-0.4, -0.2) is 9.55 Å². The molecule has 1 heterocycles. The third-order valence-corrected chi connectivity index (χ3v) is 1.56. The maximum Gasteiger partial charge on any atom is 0.325 e. The summed E-state index contributed by atoms with van der Waals surface area (Å²) < 4.78 is 1.67. The fourth-order valence-electron chi connectivity index (χ4n) is 0.903. The van der Waals surface area contributed by atoms with Gasteiger partial charge < -0.3 is 4.98 Å². The van der Waals surface area contributed by atoms with E-state index in [2.05, 4.69) is 4.98 Å². The van der Waals surface area contributed by atoms with Crippen molar-refractivity contribution < 1.29 is 0 Å². The third-order valence-electron chi connectivity index (χ3n) is 1.56. The molecule has 0 spiro atoms. The van der Waals surface area contributed by atoms with Gasteiger partial charge >= 0.3 is 5.69 Å². The Morgan fingerprint density at radius 3 is 2.60 bits per heavy atom. The zero-order valence-electron chi connectivity index (χ0n) is 6.35. The van der Waals surface area contributed by atoms with Gasteiger partial charge in [-0.2, -0.15) is 0 Å². The van der Waals surface area contributed by atoms with Crippen LogP contribution in [0.15, 0.2) is 11.0 Å². The highest BCUT2D eigenvalue weighted by atomic mass is 16.1. The number of aryl methyl sites for hydroxylation is 2. The van der Waals surface area contributed by atoms with Crippen LogP contribution in [0.1, 0.15) is 19.5 Å². The fraction of sp³-hybridized carbons (Fsp3) is 0.571. The highest BCUT2D eigenvalue weighted by Gasteiger charge is 1.96. The molecule has 10 heavy (non-hydrogen) atoms. The minimum atomic E-state index is -0.000602. The Morgan fingerprint density at radius 2 is 2.30 bits per heavy atom. The molecule has 0 saturated carbocycles. The maximum atomic E-state index is 10.9. The van der Waals surface area contributed by atoms with E-state index in [4.69, 9.17) is 0 Å². The Bertz CT molecular complexity index is 259. The molecule has 0 bridgehead atoms. The van der Waals surface area contributed by atoms with Crippen molar-refractivity contribution in [3.63, 3.8) is 0 Å². The van der Waals surface area contributed by atoms with Gasteiger partial charge in [0.25, 0.3) is 0 Å². The summed E-state index contributed by atoms with van der Waals surface area (Å²) >= 11 is 0. The number of hydrogen-bond acceptors (Lipinski definition) is 1. The molecule has 1 N–H and O–H groups in total. The first-order valence-corrected chi connectivity index (χ1v) is 3.56. The summed E-state index contributed by atoms with van der Waals surface area (Å²) in [5.41, 5.74) is 1.01. The lowest BCUT2D eigenvalue weighted by atomic mass is 10.4. The average molecular weight is 140 g/mol. The topological polar surface area (TPSA) is 37.8 Å². The second-order valence-corrected chi connectivity index (χ2v) is 2.22. The van der Waals surface area contributed by atoms with E-state index in [0.717, 1.165) is 18.7 Å². The first kappa shape index (κ1) is 7.12. The van der Waals surface area contributed by atoms with Crippen molar-refractivity contribution in [2.24, 2.45) is 0 Å². The van der Waals surface area contributed by atoms with Crippen LogP contribution in [0, 0.1) is 0 Å². The SMILES string of the molecule is CCc1cn(CC)c(=O)[nH]1. The number of aromatic nitrogens is 2. The van der Waals surface area contributed by atoms with Gasteiger partial charge in [-0.15, -0.1) is 0 Å². The quantitative estimate of drug-likeness (QED) is 0.647. The number of rotatable bonds is 2. The molecule has 1 rings (SSSR count). The summed E-state index contributed by atoms with van der Waals surface area (Å²) in [7, 11) is 0. The molecule has 0 aliphatic heterocycles. The molecule has 0 radical (unpaired) electrons. The van der Waals surface area contributed by atoms with E-state index in [1.54, 1.807) is 4.57 Å². The van der Waals surface area contributed by atoms with Crippen LogP contribution in [0.5, 0.6) is 0 Å². The molecule has 0 aromatic carbocycles. The van der Waals surface area contributed by atoms with E-state index < -0.39 is 0 Å². The lowest BCUT2D eigenvalue weighted by molar-refractivity contribution is 0.729. The second-order valence-electron chi connectivity index (χ2n) is 2.22. The van der Waals surface area contributed by atoms with Crippen molar-refractivity contribution in [1.29, 1.82) is 0 Å². The number of aromatic amines is 1. The van der Waals surface area contributed by atoms with E-state index >= 15 is 0 Å². The molecular formula is C7H12N2O. The fourth-order valence-corrected chi connectivity index (χ4v) is 0.903.